The predicted octanol–water partition coefficient (Wildman–Crippen LogP) is 0.118. The number of halogens is 2. The number of aliphatic hydroxyl groups is 1. The Kier molecular flexibility index (Phi) is 3.35. The first-order valence-corrected chi connectivity index (χ1v) is 4.23. The Morgan fingerprint density at radius 2 is 2.33 bits per heavy atom. The zero-order chi connectivity index (χ0) is 11.5. The number of nitrogens with zero attached hydrogens (tertiary/aromatic N) is 1. The minimum atomic E-state index is -3.22. The van der Waals surface area contributed by atoms with Gasteiger partial charge in [-0.2, -0.15) is 0 Å². The second kappa shape index (κ2) is 4.35. The molecule has 0 saturated heterocycles. The largest absolute Gasteiger partial charge is 0.390 e. The Morgan fingerprint density at radius 3 is 2.87 bits per heavy atom. The number of rotatable bonds is 4. The second-order valence-electron chi connectivity index (χ2n) is 3.08. The van der Waals surface area contributed by atoms with Gasteiger partial charge in [-0.3, -0.25) is 4.79 Å². The highest BCUT2D eigenvalue weighted by molar-refractivity contribution is 5.33. The zero-order valence-electron chi connectivity index (χ0n) is 8.05. The van der Waals surface area contributed by atoms with Crippen molar-refractivity contribution in [3.63, 3.8) is 0 Å². The Hall–Kier alpha value is -1.50. The molecule has 0 fully saturated rings. The fraction of sp³-hybridized carbons (Fsp3) is 0.500. The molecule has 0 amide bonds. The topological polar surface area (TPSA) is 78.0 Å². The van der Waals surface area contributed by atoms with Crippen molar-refractivity contribution in [3.05, 3.63) is 22.2 Å². The number of anilines is 1. The van der Waals surface area contributed by atoms with E-state index in [9.17, 15) is 13.6 Å². The van der Waals surface area contributed by atoms with Gasteiger partial charge in [0.05, 0.1) is 6.54 Å². The minimum Gasteiger partial charge on any atom is -0.390 e. The highest BCUT2D eigenvalue weighted by atomic mass is 19.3. The summed E-state index contributed by atoms with van der Waals surface area (Å²) in [5.74, 6) is -2.83. The Labute approximate surface area is 84.2 Å². The molecule has 0 bridgehead atoms. The molecule has 0 aliphatic heterocycles. The van der Waals surface area contributed by atoms with Crippen LogP contribution >= 0.6 is 0 Å². The van der Waals surface area contributed by atoms with Crippen LogP contribution in [0.3, 0.4) is 0 Å². The van der Waals surface area contributed by atoms with E-state index in [0.29, 0.717) is 5.82 Å². The molecule has 7 heteroatoms. The van der Waals surface area contributed by atoms with Crippen molar-refractivity contribution >= 4 is 5.82 Å². The standard InChI is InChI=1S/C8H11F2N3O2/c1-5-12-6(2-7(15)13-5)11-3-8(9,10)4-14/h2,14H,3-4H2,1H3,(H2,11,12,13,15). The molecule has 0 aliphatic rings. The molecule has 1 aromatic heterocycles. The van der Waals surface area contributed by atoms with E-state index in [4.69, 9.17) is 5.11 Å². The van der Waals surface area contributed by atoms with Gasteiger partial charge in [0.1, 0.15) is 18.2 Å². The van der Waals surface area contributed by atoms with E-state index in [1.54, 1.807) is 0 Å². The van der Waals surface area contributed by atoms with Crippen molar-refractivity contribution in [1.82, 2.24) is 9.97 Å². The monoisotopic (exact) mass is 219 g/mol. The Morgan fingerprint density at radius 1 is 1.67 bits per heavy atom. The summed E-state index contributed by atoms with van der Waals surface area (Å²) in [6, 6.07) is 1.07. The van der Waals surface area contributed by atoms with Crippen molar-refractivity contribution in [2.75, 3.05) is 18.5 Å². The van der Waals surface area contributed by atoms with Crippen molar-refractivity contribution in [1.29, 1.82) is 0 Å². The molecular weight excluding hydrogens is 208 g/mol. The maximum Gasteiger partial charge on any atom is 0.287 e. The third-order valence-corrected chi connectivity index (χ3v) is 1.62. The maximum absolute atomic E-state index is 12.6. The first kappa shape index (κ1) is 11.6. The van der Waals surface area contributed by atoms with Gasteiger partial charge in [0.2, 0.25) is 0 Å². The maximum atomic E-state index is 12.6. The normalized spacial score (nSPS) is 11.5. The SMILES string of the molecule is Cc1nc(NCC(F)(F)CO)cc(=O)[nH]1. The number of nitrogens with one attached hydrogen (secondary N) is 2. The van der Waals surface area contributed by atoms with Crippen molar-refractivity contribution in [2.45, 2.75) is 12.8 Å². The van der Waals surface area contributed by atoms with E-state index in [1.807, 2.05) is 0 Å². The van der Waals surface area contributed by atoms with Crippen LogP contribution in [-0.4, -0.2) is 34.1 Å². The van der Waals surface area contributed by atoms with Crippen molar-refractivity contribution < 1.29 is 13.9 Å². The Balaban J connectivity index is 2.70. The first-order chi connectivity index (χ1) is 6.93. The third kappa shape index (κ3) is 3.62. The van der Waals surface area contributed by atoms with Gasteiger partial charge >= 0.3 is 0 Å². The molecule has 1 aromatic rings. The Bertz CT molecular complexity index is 392. The predicted molar refractivity (Wildman–Crippen MR) is 50.1 cm³/mol. The first-order valence-electron chi connectivity index (χ1n) is 4.23. The molecule has 0 atom stereocenters. The molecule has 0 radical (unpaired) electrons. The van der Waals surface area contributed by atoms with E-state index < -0.39 is 24.6 Å². The lowest BCUT2D eigenvalue weighted by molar-refractivity contribution is -0.0373. The van der Waals surface area contributed by atoms with Crippen LogP contribution in [0.2, 0.25) is 0 Å². The molecule has 84 valence electrons. The van der Waals surface area contributed by atoms with E-state index in [-0.39, 0.29) is 5.82 Å². The van der Waals surface area contributed by atoms with Crippen LogP contribution in [0.5, 0.6) is 0 Å². The number of hydrogen-bond acceptors (Lipinski definition) is 4. The van der Waals surface area contributed by atoms with Crippen molar-refractivity contribution in [2.24, 2.45) is 0 Å². The molecule has 0 unspecified atom stereocenters. The fourth-order valence-electron chi connectivity index (χ4n) is 0.946. The van der Waals surface area contributed by atoms with Crippen LogP contribution in [0.1, 0.15) is 5.82 Å². The van der Waals surface area contributed by atoms with Gasteiger partial charge < -0.3 is 15.4 Å². The van der Waals surface area contributed by atoms with Crippen LogP contribution in [0.4, 0.5) is 14.6 Å². The smallest absolute Gasteiger partial charge is 0.287 e. The average Bonchev–Trinajstić information content (AvgIpc) is 2.14. The quantitative estimate of drug-likeness (QED) is 0.672. The summed E-state index contributed by atoms with van der Waals surface area (Å²) in [5.41, 5.74) is -0.419. The number of hydrogen-bond donors (Lipinski definition) is 3. The van der Waals surface area contributed by atoms with Gasteiger partial charge in [-0.1, -0.05) is 0 Å². The fourth-order valence-corrected chi connectivity index (χ4v) is 0.946. The number of aliphatic hydroxyl groups excluding tert-OH is 1. The molecule has 5 nitrogen and oxygen atoms in total. The van der Waals surface area contributed by atoms with Crippen LogP contribution in [-0.2, 0) is 0 Å². The summed E-state index contributed by atoms with van der Waals surface area (Å²) in [6.45, 7) is -0.474. The van der Waals surface area contributed by atoms with E-state index in [1.165, 1.54) is 6.92 Å². The molecule has 0 saturated carbocycles. The van der Waals surface area contributed by atoms with E-state index in [2.05, 4.69) is 15.3 Å². The van der Waals surface area contributed by atoms with E-state index >= 15 is 0 Å². The minimum absolute atomic E-state index is 0.0596. The van der Waals surface area contributed by atoms with Gasteiger partial charge in [-0.25, -0.2) is 13.8 Å². The number of aromatic amines is 1. The highest BCUT2D eigenvalue weighted by Crippen LogP contribution is 2.12. The van der Waals surface area contributed by atoms with Crippen LogP contribution in [0.25, 0.3) is 0 Å². The lowest BCUT2D eigenvalue weighted by Crippen LogP contribution is -2.31. The van der Waals surface area contributed by atoms with Gasteiger partial charge in [0.25, 0.3) is 11.5 Å². The average molecular weight is 219 g/mol. The van der Waals surface area contributed by atoms with Gasteiger partial charge in [0.15, 0.2) is 0 Å². The van der Waals surface area contributed by atoms with Gasteiger partial charge in [-0.15, -0.1) is 0 Å². The lowest BCUT2D eigenvalue weighted by atomic mass is 10.3. The molecule has 0 spiro atoms. The molecule has 0 aliphatic carbocycles. The number of alkyl halides is 2. The van der Waals surface area contributed by atoms with Gasteiger partial charge in [-0.05, 0) is 6.92 Å². The second-order valence-corrected chi connectivity index (χ2v) is 3.08. The summed E-state index contributed by atoms with van der Waals surface area (Å²) in [7, 11) is 0. The summed E-state index contributed by atoms with van der Waals surface area (Å²) >= 11 is 0. The molecule has 0 aromatic carbocycles. The highest BCUT2D eigenvalue weighted by Gasteiger charge is 2.27. The zero-order valence-corrected chi connectivity index (χ0v) is 8.05. The summed E-state index contributed by atoms with van der Waals surface area (Å²) in [6.07, 6.45) is 0. The number of aryl methyl sites for hydroxylation is 1. The van der Waals surface area contributed by atoms with Crippen LogP contribution in [0, 0.1) is 6.92 Å². The van der Waals surface area contributed by atoms with Crippen molar-refractivity contribution in [3.8, 4) is 0 Å². The molecule has 15 heavy (non-hydrogen) atoms. The molecule has 3 N–H and O–H groups in total. The molecular formula is C8H11F2N3O2. The van der Waals surface area contributed by atoms with Gasteiger partial charge in [0, 0.05) is 6.07 Å². The summed E-state index contributed by atoms with van der Waals surface area (Å²) in [5, 5.41) is 10.6. The van der Waals surface area contributed by atoms with Crippen LogP contribution < -0.4 is 10.9 Å². The molecule has 1 heterocycles. The van der Waals surface area contributed by atoms with Crippen LogP contribution in [0.15, 0.2) is 10.9 Å². The molecule has 1 rings (SSSR count). The van der Waals surface area contributed by atoms with E-state index in [0.717, 1.165) is 6.07 Å². The summed E-state index contributed by atoms with van der Waals surface area (Å²) in [4.78, 5) is 17.1. The lowest BCUT2D eigenvalue weighted by Gasteiger charge is -2.14. The number of aromatic nitrogens is 2. The third-order valence-electron chi connectivity index (χ3n) is 1.62. The summed E-state index contributed by atoms with van der Waals surface area (Å²) < 4.78 is 25.2. The number of H-pyrrole nitrogens is 1.